The molecule has 2 N–H and O–H groups in total. The Balaban J connectivity index is 1.63. The number of carbonyl (C=O) groups excluding carboxylic acids is 1. The van der Waals surface area contributed by atoms with Crippen LogP contribution in [-0.4, -0.2) is 17.0 Å². The zero-order chi connectivity index (χ0) is 18.5. The number of carboxylic acid groups (broad SMARTS) is 1. The van der Waals surface area contributed by atoms with Crippen molar-refractivity contribution >= 4 is 17.6 Å². The van der Waals surface area contributed by atoms with Crippen molar-refractivity contribution in [2.24, 2.45) is 11.8 Å². The molecule has 1 amide bonds. The summed E-state index contributed by atoms with van der Waals surface area (Å²) in [4.78, 5) is 23.9. The van der Waals surface area contributed by atoms with Crippen molar-refractivity contribution in [1.29, 1.82) is 0 Å². The molecule has 0 radical (unpaired) electrons. The van der Waals surface area contributed by atoms with E-state index in [4.69, 9.17) is 4.74 Å². The van der Waals surface area contributed by atoms with Crippen LogP contribution < -0.4 is 10.1 Å². The smallest absolute Gasteiger partial charge is 0.307 e. The van der Waals surface area contributed by atoms with Crippen LogP contribution in [0, 0.1) is 18.8 Å². The molecule has 1 aliphatic carbocycles. The van der Waals surface area contributed by atoms with Crippen molar-refractivity contribution < 1.29 is 19.4 Å². The van der Waals surface area contributed by atoms with Crippen molar-refractivity contribution in [3.63, 3.8) is 0 Å². The minimum absolute atomic E-state index is 0.218. The van der Waals surface area contributed by atoms with Gasteiger partial charge in [0, 0.05) is 5.69 Å². The summed E-state index contributed by atoms with van der Waals surface area (Å²) in [6, 6.07) is 14.9. The van der Waals surface area contributed by atoms with E-state index in [9.17, 15) is 14.7 Å². The number of ether oxygens (including phenoxy) is 1. The molecule has 0 saturated heterocycles. The number of benzene rings is 2. The predicted molar refractivity (Wildman–Crippen MR) is 99.4 cm³/mol. The fraction of sp³-hybridized carbons (Fsp3) is 0.333. The van der Waals surface area contributed by atoms with Crippen LogP contribution in [0.25, 0.3) is 0 Å². The van der Waals surface area contributed by atoms with Gasteiger partial charge in [0.2, 0.25) is 5.91 Å². The minimum Gasteiger partial charge on any atom is -0.481 e. The van der Waals surface area contributed by atoms with E-state index in [-0.39, 0.29) is 5.91 Å². The molecular formula is C21H23NO4. The molecule has 2 aromatic rings. The second kappa shape index (κ2) is 8.04. The molecule has 0 aromatic heterocycles. The van der Waals surface area contributed by atoms with Crippen LogP contribution in [0.3, 0.4) is 0 Å². The number of amides is 1. The largest absolute Gasteiger partial charge is 0.481 e. The van der Waals surface area contributed by atoms with Gasteiger partial charge < -0.3 is 15.2 Å². The second-order valence-corrected chi connectivity index (χ2v) is 6.77. The Kier molecular flexibility index (Phi) is 5.56. The Morgan fingerprint density at radius 2 is 1.69 bits per heavy atom. The van der Waals surface area contributed by atoms with Gasteiger partial charge in [-0.1, -0.05) is 25.0 Å². The summed E-state index contributed by atoms with van der Waals surface area (Å²) in [6.45, 7) is 2.00. The van der Waals surface area contributed by atoms with Crippen LogP contribution in [-0.2, 0) is 9.59 Å². The number of nitrogens with one attached hydrogen (secondary N) is 1. The van der Waals surface area contributed by atoms with Gasteiger partial charge in [-0.3, -0.25) is 9.59 Å². The topological polar surface area (TPSA) is 75.6 Å². The van der Waals surface area contributed by atoms with E-state index < -0.39 is 17.8 Å². The van der Waals surface area contributed by atoms with Gasteiger partial charge in [0.05, 0.1) is 11.8 Å². The lowest BCUT2D eigenvalue weighted by molar-refractivity contribution is -0.147. The van der Waals surface area contributed by atoms with Gasteiger partial charge in [-0.25, -0.2) is 0 Å². The van der Waals surface area contributed by atoms with Crippen LogP contribution >= 0.6 is 0 Å². The number of carbonyl (C=O) groups is 2. The van der Waals surface area contributed by atoms with Crippen LogP contribution in [0.4, 0.5) is 5.69 Å². The third-order valence-electron chi connectivity index (χ3n) is 4.77. The maximum Gasteiger partial charge on any atom is 0.307 e. The summed E-state index contributed by atoms with van der Waals surface area (Å²) in [7, 11) is 0. The molecule has 136 valence electrons. The maximum absolute atomic E-state index is 12.5. The van der Waals surface area contributed by atoms with E-state index in [0.29, 0.717) is 24.3 Å². The number of anilines is 1. The molecule has 2 atom stereocenters. The van der Waals surface area contributed by atoms with Crippen molar-refractivity contribution in [2.45, 2.75) is 32.6 Å². The SMILES string of the molecule is Cc1cccc(Oc2ccc(NC(=O)[C@H]3CCCC[C@H]3C(=O)O)cc2)c1. The molecule has 3 rings (SSSR count). The fourth-order valence-corrected chi connectivity index (χ4v) is 3.40. The molecule has 1 saturated carbocycles. The van der Waals surface area contributed by atoms with Gasteiger partial charge in [-0.2, -0.15) is 0 Å². The summed E-state index contributed by atoms with van der Waals surface area (Å²) in [5.74, 6) is -0.726. The summed E-state index contributed by atoms with van der Waals surface area (Å²) in [5.41, 5.74) is 1.76. The summed E-state index contributed by atoms with van der Waals surface area (Å²) >= 11 is 0. The highest BCUT2D eigenvalue weighted by atomic mass is 16.5. The van der Waals surface area contributed by atoms with Crippen molar-refractivity contribution in [3.8, 4) is 11.5 Å². The molecule has 2 aromatic carbocycles. The van der Waals surface area contributed by atoms with Crippen LogP contribution in [0.1, 0.15) is 31.2 Å². The molecule has 0 spiro atoms. The molecule has 5 nitrogen and oxygen atoms in total. The van der Waals surface area contributed by atoms with E-state index in [1.54, 1.807) is 24.3 Å². The van der Waals surface area contributed by atoms with Gasteiger partial charge in [0.25, 0.3) is 0 Å². The van der Waals surface area contributed by atoms with Gasteiger partial charge >= 0.3 is 5.97 Å². The molecule has 5 heteroatoms. The van der Waals surface area contributed by atoms with Crippen LogP contribution in [0.2, 0.25) is 0 Å². The van der Waals surface area contributed by atoms with Gasteiger partial charge in [0.1, 0.15) is 11.5 Å². The van der Waals surface area contributed by atoms with Crippen LogP contribution in [0.15, 0.2) is 48.5 Å². The average Bonchev–Trinajstić information content (AvgIpc) is 2.63. The standard InChI is InChI=1S/C21H23NO4/c1-14-5-4-6-17(13-14)26-16-11-9-15(10-12-16)22-20(23)18-7-2-3-8-19(18)21(24)25/h4-6,9-13,18-19H,2-3,7-8H2,1H3,(H,22,23)(H,24,25)/t18-,19+/m0/s1. The average molecular weight is 353 g/mol. The minimum atomic E-state index is -0.883. The number of hydrogen-bond acceptors (Lipinski definition) is 3. The maximum atomic E-state index is 12.5. The Labute approximate surface area is 153 Å². The normalized spacial score (nSPS) is 19.6. The highest BCUT2D eigenvalue weighted by Crippen LogP contribution is 2.31. The molecule has 0 aliphatic heterocycles. The Morgan fingerprint density at radius 1 is 1.00 bits per heavy atom. The molecule has 1 fully saturated rings. The van der Waals surface area contributed by atoms with Gasteiger partial charge in [-0.05, 0) is 61.7 Å². The molecule has 1 aliphatic rings. The lowest BCUT2D eigenvalue weighted by atomic mass is 9.78. The van der Waals surface area contributed by atoms with Crippen molar-refractivity contribution in [3.05, 3.63) is 54.1 Å². The van der Waals surface area contributed by atoms with E-state index in [1.165, 1.54) is 0 Å². The molecular weight excluding hydrogens is 330 g/mol. The summed E-state index contributed by atoms with van der Waals surface area (Å²) < 4.78 is 5.79. The summed E-state index contributed by atoms with van der Waals surface area (Å²) in [5, 5.41) is 12.2. The van der Waals surface area contributed by atoms with Gasteiger partial charge in [0.15, 0.2) is 0 Å². The number of rotatable bonds is 5. The Bertz CT molecular complexity index is 785. The van der Waals surface area contributed by atoms with Crippen molar-refractivity contribution in [1.82, 2.24) is 0 Å². The van der Waals surface area contributed by atoms with E-state index >= 15 is 0 Å². The predicted octanol–water partition coefficient (Wildman–Crippen LogP) is 4.62. The monoisotopic (exact) mass is 353 g/mol. The van der Waals surface area contributed by atoms with Crippen molar-refractivity contribution in [2.75, 3.05) is 5.32 Å². The zero-order valence-electron chi connectivity index (χ0n) is 14.8. The molecule has 0 unspecified atom stereocenters. The quantitative estimate of drug-likeness (QED) is 0.822. The Hall–Kier alpha value is -2.82. The van der Waals surface area contributed by atoms with Gasteiger partial charge in [-0.15, -0.1) is 0 Å². The number of aliphatic carboxylic acids is 1. The first kappa shape index (κ1) is 18.0. The van der Waals surface area contributed by atoms with E-state index in [2.05, 4.69) is 5.32 Å². The molecule has 0 bridgehead atoms. The number of hydrogen-bond donors (Lipinski definition) is 2. The lowest BCUT2D eigenvalue weighted by Gasteiger charge is -2.27. The number of carboxylic acids is 1. The molecule has 0 heterocycles. The highest BCUT2D eigenvalue weighted by Gasteiger charge is 2.35. The van der Waals surface area contributed by atoms with E-state index in [0.717, 1.165) is 24.2 Å². The van der Waals surface area contributed by atoms with E-state index in [1.807, 2.05) is 31.2 Å². The summed E-state index contributed by atoms with van der Waals surface area (Å²) in [6.07, 6.45) is 2.95. The second-order valence-electron chi connectivity index (χ2n) is 6.77. The highest BCUT2D eigenvalue weighted by molar-refractivity contribution is 5.95. The first-order valence-corrected chi connectivity index (χ1v) is 8.91. The first-order chi connectivity index (χ1) is 12.5. The third kappa shape index (κ3) is 4.42. The first-order valence-electron chi connectivity index (χ1n) is 8.91. The zero-order valence-corrected chi connectivity index (χ0v) is 14.8. The fourth-order valence-electron chi connectivity index (χ4n) is 3.40. The third-order valence-corrected chi connectivity index (χ3v) is 4.77. The number of aryl methyl sites for hydroxylation is 1. The Morgan fingerprint density at radius 3 is 2.35 bits per heavy atom. The molecule has 26 heavy (non-hydrogen) atoms. The lowest BCUT2D eigenvalue weighted by Crippen LogP contribution is -2.36. The van der Waals surface area contributed by atoms with Crippen LogP contribution in [0.5, 0.6) is 11.5 Å².